The lowest BCUT2D eigenvalue weighted by atomic mass is 10.2. The van der Waals surface area contributed by atoms with E-state index in [-0.39, 0.29) is 5.56 Å². The molecule has 1 saturated heterocycles. The number of benzene rings is 1. The predicted octanol–water partition coefficient (Wildman–Crippen LogP) is 2.84. The molecular formula is C19H21N5O. The van der Waals surface area contributed by atoms with Crippen molar-refractivity contribution in [2.24, 2.45) is 0 Å². The van der Waals surface area contributed by atoms with Crippen molar-refractivity contribution in [3.8, 4) is 16.9 Å². The van der Waals surface area contributed by atoms with Crippen molar-refractivity contribution < 1.29 is 0 Å². The molecule has 0 saturated carbocycles. The number of H-pyrrole nitrogens is 1. The molecule has 1 N–H and O–H groups in total. The number of hydrogen-bond donors (Lipinski definition) is 1. The molecule has 3 heterocycles. The van der Waals surface area contributed by atoms with Crippen molar-refractivity contribution in [1.29, 1.82) is 0 Å². The van der Waals surface area contributed by atoms with Gasteiger partial charge < -0.3 is 4.90 Å². The fraction of sp³-hybridized carbons (Fsp3) is 0.316. The lowest BCUT2D eigenvalue weighted by Gasteiger charge is -2.16. The van der Waals surface area contributed by atoms with Gasteiger partial charge in [-0.05, 0) is 38.3 Å². The van der Waals surface area contributed by atoms with E-state index in [2.05, 4.69) is 20.0 Å². The third-order valence-corrected chi connectivity index (χ3v) is 4.72. The summed E-state index contributed by atoms with van der Waals surface area (Å²) in [6, 6.07) is 9.41. The van der Waals surface area contributed by atoms with Crippen molar-refractivity contribution >= 4 is 5.95 Å². The van der Waals surface area contributed by atoms with Crippen LogP contribution in [0.15, 0.2) is 41.3 Å². The van der Waals surface area contributed by atoms with Gasteiger partial charge in [0.25, 0.3) is 5.56 Å². The van der Waals surface area contributed by atoms with Gasteiger partial charge in [0.05, 0.1) is 17.1 Å². The van der Waals surface area contributed by atoms with E-state index in [0.717, 1.165) is 47.2 Å². The maximum absolute atomic E-state index is 12.4. The first-order chi connectivity index (χ1) is 12.1. The molecule has 128 valence electrons. The van der Waals surface area contributed by atoms with Gasteiger partial charge in [-0.15, -0.1) is 0 Å². The van der Waals surface area contributed by atoms with Crippen molar-refractivity contribution in [3.63, 3.8) is 0 Å². The number of nitrogens with one attached hydrogen (secondary N) is 1. The normalized spacial score (nSPS) is 14.2. The van der Waals surface area contributed by atoms with E-state index >= 15 is 0 Å². The van der Waals surface area contributed by atoms with Gasteiger partial charge in [-0.3, -0.25) is 9.89 Å². The Bertz CT molecular complexity index is 966. The van der Waals surface area contributed by atoms with Crippen LogP contribution in [0.1, 0.15) is 24.1 Å². The van der Waals surface area contributed by atoms with Crippen molar-refractivity contribution in [2.75, 3.05) is 18.0 Å². The van der Waals surface area contributed by atoms with Crippen LogP contribution in [0.2, 0.25) is 0 Å². The summed E-state index contributed by atoms with van der Waals surface area (Å²) in [6.45, 7) is 5.97. The number of aromatic amines is 1. The van der Waals surface area contributed by atoms with E-state index in [1.165, 1.54) is 12.8 Å². The lowest BCUT2D eigenvalue weighted by molar-refractivity contribution is 0.843. The molecule has 1 aliphatic rings. The van der Waals surface area contributed by atoms with Gasteiger partial charge in [-0.1, -0.05) is 18.2 Å². The number of rotatable bonds is 3. The topological polar surface area (TPSA) is 66.8 Å². The Morgan fingerprint density at radius 2 is 1.88 bits per heavy atom. The minimum Gasteiger partial charge on any atom is -0.341 e. The number of aromatic nitrogens is 4. The molecular weight excluding hydrogens is 314 g/mol. The standard InChI is InChI=1S/C19H21N5O/c1-13-7-3-4-8-17(13)24-18(25)11-16(22-24)15-12-20-19(21-14(15)2)23-9-5-6-10-23/h3-4,7-8,11-12,22H,5-6,9-10H2,1-2H3. The Labute approximate surface area is 146 Å². The van der Waals surface area contributed by atoms with Crippen LogP contribution < -0.4 is 10.5 Å². The second-order valence-electron chi connectivity index (χ2n) is 6.49. The van der Waals surface area contributed by atoms with Crippen LogP contribution in [0.4, 0.5) is 5.95 Å². The molecule has 4 rings (SSSR count). The smallest absolute Gasteiger partial charge is 0.271 e. The van der Waals surface area contributed by atoms with Crippen molar-refractivity contribution in [1.82, 2.24) is 19.7 Å². The van der Waals surface area contributed by atoms with Gasteiger partial charge in [-0.25, -0.2) is 14.6 Å². The molecule has 0 spiro atoms. The quantitative estimate of drug-likeness (QED) is 0.799. The van der Waals surface area contributed by atoms with Crippen LogP contribution in [-0.4, -0.2) is 32.8 Å². The number of nitrogens with zero attached hydrogens (tertiary/aromatic N) is 4. The third kappa shape index (κ3) is 2.84. The molecule has 1 fully saturated rings. The zero-order chi connectivity index (χ0) is 17.4. The van der Waals surface area contributed by atoms with Crippen LogP contribution in [-0.2, 0) is 0 Å². The Morgan fingerprint density at radius 3 is 2.60 bits per heavy atom. The number of aryl methyl sites for hydroxylation is 2. The molecule has 0 atom stereocenters. The molecule has 25 heavy (non-hydrogen) atoms. The highest BCUT2D eigenvalue weighted by molar-refractivity contribution is 5.61. The number of anilines is 1. The Hall–Kier alpha value is -2.89. The maximum atomic E-state index is 12.4. The Morgan fingerprint density at radius 1 is 1.12 bits per heavy atom. The molecule has 1 aliphatic heterocycles. The van der Waals surface area contributed by atoms with Crippen LogP contribution in [0, 0.1) is 13.8 Å². The molecule has 3 aromatic rings. The number of hydrogen-bond acceptors (Lipinski definition) is 4. The van der Waals surface area contributed by atoms with Gasteiger partial charge in [0.15, 0.2) is 0 Å². The average Bonchev–Trinajstić information content (AvgIpc) is 3.25. The highest BCUT2D eigenvalue weighted by Crippen LogP contribution is 2.23. The first-order valence-electron chi connectivity index (χ1n) is 8.60. The molecule has 1 aromatic carbocycles. The summed E-state index contributed by atoms with van der Waals surface area (Å²) in [4.78, 5) is 23.8. The highest BCUT2D eigenvalue weighted by atomic mass is 16.1. The van der Waals surface area contributed by atoms with Gasteiger partial charge in [0.1, 0.15) is 0 Å². The molecule has 2 aromatic heterocycles. The van der Waals surface area contributed by atoms with Crippen LogP contribution >= 0.6 is 0 Å². The van der Waals surface area contributed by atoms with E-state index in [0.29, 0.717) is 0 Å². The van der Waals surface area contributed by atoms with E-state index < -0.39 is 0 Å². The summed E-state index contributed by atoms with van der Waals surface area (Å²) in [7, 11) is 0. The summed E-state index contributed by atoms with van der Waals surface area (Å²) in [5.41, 5.74) is 4.26. The molecule has 6 heteroatoms. The Balaban J connectivity index is 1.72. The summed E-state index contributed by atoms with van der Waals surface area (Å²) in [5.74, 6) is 0.777. The first kappa shape index (κ1) is 15.6. The van der Waals surface area contributed by atoms with Crippen molar-refractivity contribution in [2.45, 2.75) is 26.7 Å². The monoisotopic (exact) mass is 335 g/mol. The van der Waals surface area contributed by atoms with E-state index in [4.69, 9.17) is 0 Å². The Kier molecular flexibility index (Phi) is 3.87. The van der Waals surface area contributed by atoms with E-state index in [1.54, 1.807) is 10.7 Å². The summed E-state index contributed by atoms with van der Waals surface area (Å²) < 4.78 is 1.57. The van der Waals surface area contributed by atoms with Gasteiger partial charge >= 0.3 is 0 Å². The number of para-hydroxylation sites is 1. The predicted molar refractivity (Wildman–Crippen MR) is 98.3 cm³/mol. The third-order valence-electron chi connectivity index (χ3n) is 4.72. The maximum Gasteiger partial charge on any atom is 0.271 e. The van der Waals surface area contributed by atoms with Crippen LogP contribution in [0.3, 0.4) is 0 Å². The minimum absolute atomic E-state index is 0.0904. The SMILES string of the molecule is Cc1ccccc1-n1[nH]c(-c2cnc(N3CCCC3)nc2C)cc1=O. The molecule has 0 aliphatic carbocycles. The minimum atomic E-state index is -0.0904. The molecule has 0 radical (unpaired) electrons. The summed E-state index contributed by atoms with van der Waals surface area (Å²) >= 11 is 0. The van der Waals surface area contributed by atoms with E-state index in [9.17, 15) is 4.79 Å². The van der Waals surface area contributed by atoms with Gasteiger partial charge in [-0.2, -0.15) is 0 Å². The van der Waals surface area contributed by atoms with Crippen LogP contribution in [0.25, 0.3) is 16.9 Å². The zero-order valence-electron chi connectivity index (χ0n) is 14.5. The zero-order valence-corrected chi connectivity index (χ0v) is 14.5. The molecule has 0 bridgehead atoms. The van der Waals surface area contributed by atoms with Crippen LogP contribution in [0.5, 0.6) is 0 Å². The molecule has 6 nitrogen and oxygen atoms in total. The van der Waals surface area contributed by atoms with Gasteiger partial charge in [0, 0.05) is 30.9 Å². The van der Waals surface area contributed by atoms with Crippen molar-refractivity contribution in [3.05, 3.63) is 58.1 Å². The summed E-state index contributed by atoms with van der Waals surface area (Å²) in [5, 5.41) is 3.20. The fourth-order valence-electron chi connectivity index (χ4n) is 3.32. The van der Waals surface area contributed by atoms with Gasteiger partial charge in [0.2, 0.25) is 5.95 Å². The average molecular weight is 335 g/mol. The largest absolute Gasteiger partial charge is 0.341 e. The fourth-order valence-corrected chi connectivity index (χ4v) is 3.32. The summed E-state index contributed by atoms with van der Waals surface area (Å²) in [6.07, 6.45) is 4.19. The lowest BCUT2D eigenvalue weighted by Crippen LogP contribution is -2.20. The molecule has 0 amide bonds. The van der Waals surface area contributed by atoms with E-state index in [1.807, 2.05) is 44.3 Å². The first-order valence-corrected chi connectivity index (χ1v) is 8.60. The second kappa shape index (κ2) is 6.20. The highest BCUT2D eigenvalue weighted by Gasteiger charge is 2.17. The molecule has 0 unspecified atom stereocenters. The second-order valence-corrected chi connectivity index (χ2v) is 6.49.